The van der Waals surface area contributed by atoms with E-state index >= 15 is 0 Å². The molecule has 2 aromatic rings. The fourth-order valence-electron chi connectivity index (χ4n) is 1.78. The molecule has 0 aliphatic rings. The molecule has 0 bridgehead atoms. The number of aromatic amines is 1. The van der Waals surface area contributed by atoms with Crippen LogP contribution in [0.15, 0.2) is 11.1 Å². The van der Waals surface area contributed by atoms with Crippen molar-refractivity contribution in [1.82, 2.24) is 14.5 Å². The van der Waals surface area contributed by atoms with Crippen LogP contribution in [0.5, 0.6) is 0 Å². The van der Waals surface area contributed by atoms with Crippen molar-refractivity contribution in [3.8, 4) is 0 Å². The topological polar surface area (TPSA) is 162 Å². The van der Waals surface area contributed by atoms with Crippen LogP contribution in [-0.4, -0.2) is 27.7 Å². The second kappa shape index (κ2) is 5.92. The van der Waals surface area contributed by atoms with E-state index in [-0.39, 0.29) is 31.5 Å². The first-order chi connectivity index (χ1) is 9.78. The van der Waals surface area contributed by atoms with Crippen molar-refractivity contribution in [3.63, 3.8) is 0 Å². The lowest BCUT2D eigenvalue weighted by atomic mass is 10.5. The average molecular weight is 318 g/mol. The maximum absolute atomic E-state index is 11.7. The van der Waals surface area contributed by atoms with Crippen molar-refractivity contribution >= 4 is 24.9 Å². The Balaban J connectivity index is 2.06. The predicted octanol–water partition coefficient (Wildman–Crippen LogP) is -3.05. The highest BCUT2D eigenvalue weighted by molar-refractivity contribution is 7.43. The van der Waals surface area contributed by atoms with Crippen LogP contribution in [0, 0.1) is 0 Å². The minimum absolute atomic E-state index is 0.0153. The zero-order chi connectivity index (χ0) is 15.6. The third-order valence-corrected chi connectivity index (χ3v) is 3.04. The van der Waals surface area contributed by atoms with Crippen LogP contribution >= 0.6 is 7.82 Å². The van der Waals surface area contributed by atoms with Crippen molar-refractivity contribution in [3.05, 3.63) is 16.7 Å². The molecule has 2 rings (SSSR count). The Morgan fingerprint density at radius 3 is 2.90 bits per heavy atom. The highest BCUT2D eigenvalue weighted by Crippen LogP contribution is 2.23. The number of fused-ring (bicyclic) bond motifs is 1. The number of nitrogens with zero attached hydrogens (tertiary/aromatic N) is 3. The van der Waals surface area contributed by atoms with Gasteiger partial charge in [0.05, 0.1) is 28.1 Å². The summed E-state index contributed by atoms with van der Waals surface area (Å²) >= 11 is 0. The number of H-pyrrole nitrogens is 1. The average Bonchev–Trinajstić information content (AvgIpc) is 2.64. The first-order valence-electron chi connectivity index (χ1n) is 5.76. The summed E-state index contributed by atoms with van der Waals surface area (Å²) in [7, 11) is -3.34. The Kier molecular flexibility index (Phi) is 4.40. The molecule has 0 atom stereocenters. The van der Waals surface area contributed by atoms with Gasteiger partial charge in [-0.05, 0) is 0 Å². The van der Waals surface area contributed by atoms with Crippen LogP contribution in [0.2, 0.25) is 0 Å². The van der Waals surface area contributed by atoms with Gasteiger partial charge in [-0.15, -0.1) is 0 Å². The lowest BCUT2D eigenvalue weighted by molar-refractivity contribution is -0.711. The van der Waals surface area contributed by atoms with Crippen molar-refractivity contribution in [1.29, 1.82) is 0 Å². The Hall–Kier alpha value is -1.78. The minimum atomic E-state index is -4.99. The lowest BCUT2D eigenvalue weighted by Crippen LogP contribution is -2.35. The van der Waals surface area contributed by atoms with E-state index in [0.717, 1.165) is 0 Å². The number of hydrogen-bond acceptors (Lipinski definition) is 8. The van der Waals surface area contributed by atoms with Crippen molar-refractivity contribution in [2.75, 3.05) is 18.9 Å². The van der Waals surface area contributed by atoms with Crippen molar-refractivity contribution < 1.29 is 28.2 Å². The normalized spacial score (nSPS) is 12.1. The summed E-state index contributed by atoms with van der Waals surface area (Å²) in [5, 5.41) is 0. The standard InChI is InChI=1S/C9H14N5O6P/c1-13-4-14(5-19-2-3-20-21(16,17)18)7-6(13)8(15)12-9(10)11-7/h4H,2-3,5H2,1H3,(H4-,10,11,12,15,16,17,18)/p-1. The van der Waals surface area contributed by atoms with E-state index < -0.39 is 7.82 Å². The highest BCUT2D eigenvalue weighted by Gasteiger charge is 2.19. The Morgan fingerprint density at radius 1 is 1.52 bits per heavy atom. The first-order valence-corrected chi connectivity index (χ1v) is 7.22. The summed E-state index contributed by atoms with van der Waals surface area (Å²) in [6, 6.07) is 0. The van der Waals surface area contributed by atoms with E-state index in [4.69, 9.17) is 10.5 Å². The Morgan fingerprint density at radius 2 is 2.24 bits per heavy atom. The van der Waals surface area contributed by atoms with Gasteiger partial charge in [-0.1, -0.05) is 4.98 Å². The molecule has 0 aliphatic heterocycles. The monoisotopic (exact) mass is 318 g/mol. The summed E-state index contributed by atoms with van der Waals surface area (Å²) in [5.74, 6) is -0.0329. The molecule has 0 aliphatic carbocycles. The molecule has 0 amide bonds. The largest absolute Gasteiger partial charge is 0.790 e. The molecule has 0 unspecified atom stereocenters. The van der Waals surface area contributed by atoms with Gasteiger partial charge in [-0.2, -0.15) is 0 Å². The molecule has 0 saturated heterocycles. The molecule has 12 heteroatoms. The number of anilines is 1. The molecule has 116 valence electrons. The van der Waals surface area contributed by atoms with E-state index in [1.165, 1.54) is 4.57 Å². The third-order valence-electron chi connectivity index (χ3n) is 2.54. The molecular formula is C9H13N5O6P-. The highest BCUT2D eigenvalue weighted by atomic mass is 31.2. The Labute approximate surface area is 118 Å². The van der Waals surface area contributed by atoms with Gasteiger partial charge in [0.15, 0.2) is 13.1 Å². The van der Waals surface area contributed by atoms with E-state index in [1.54, 1.807) is 17.9 Å². The molecule has 0 aromatic carbocycles. The number of phosphoric ester groups is 1. The van der Waals surface area contributed by atoms with E-state index in [0.29, 0.717) is 11.2 Å². The van der Waals surface area contributed by atoms with Crippen LogP contribution in [0.1, 0.15) is 0 Å². The summed E-state index contributed by atoms with van der Waals surface area (Å²) in [4.78, 5) is 38.6. The molecule has 0 radical (unpaired) electrons. The van der Waals surface area contributed by atoms with Gasteiger partial charge in [0, 0.05) is 0 Å². The SMILES string of the molecule is Cn1c[n+](COCCOP(=O)([O-])[O-])c2nc(N)[nH]c(=O)c21. The van der Waals surface area contributed by atoms with Gasteiger partial charge < -0.3 is 29.3 Å². The third kappa shape index (κ3) is 3.86. The summed E-state index contributed by atoms with van der Waals surface area (Å²) in [6.45, 7) is -0.513. The number of aromatic nitrogens is 4. The maximum Gasteiger partial charge on any atom is 0.313 e. The molecule has 11 nitrogen and oxygen atoms in total. The van der Waals surface area contributed by atoms with Gasteiger partial charge in [0.2, 0.25) is 5.52 Å². The molecule has 2 aromatic heterocycles. The number of aryl methyl sites for hydroxylation is 1. The van der Waals surface area contributed by atoms with Crippen molar-refractivity contribution in [2.24, 2.45) is 7.05 Å². The van der Waals surface area contributed by atoms with Gasteiger partial charge >= 0.3 is 5.65 Å². The number of nitrogens with one attached hydrogen (secondary N) is 1. The zero-order valence-corrected chi connectivity index (χ0v) is 11.9. The molecule has 21 heavy (non-hydrogen) atoms. The number of nitrogens with two attached hydrogens (primary N) is 1. The number of imidazole rings is 1. The summed E-state index contributed by atoms with van der Waals surface area (Å²) in [5.41, 5.74) is 5.72. The van der Waals surface area contributed by atoms with E-state index in [9.17, 15) is 19.1 Å². The number of ether oxygens (including phenoxy) is 1. The number of rotatable bonds is 6. The first kappa shape index (κ1) is 15.6. The van der Waals surface area contributed by atoms with Crippen LogP contribution < -0.4 is 25.6 Å². The van der Waals surface area contributed by atoms with E-state index in [1.807, 2.05) is 0 Å². The minimum Gasteiger partial charge on any atom is -0.790 e. The zero-order valence-electron chi connectivity index (χ0n) is 11.0. The van der Waals surface area contributed by atoms with Gasteiger partial charge in [0.1, 0.15) is 0 Å². The predicted molar refractivity (Wildman–Crippen MR) is 65.5 cm³/mol. The lowest BCUT2D eigenvalue weighted by Gasteiger charge is -2.28. The molecule has 3 N–H and O–H groups in total. The van der Waals surface area contributed by atoms with Crippen molar-refractivity contribution in [2.45, 2.75) is 6.73 Å². The molecule has 0 fully saturated rings. The maximum atomic E-state index is 11.7. The second-order valence-corrected chi connectivity index (χ2v) is 5.29. The van der Waals surface area contributed by atoms with Gasteiger partial charge in [-0.3, -0.25) is 14.3 Å². The molecule has 2 heterocycles. The van der Waals surface area contributed by atoms with Gasteiger partial charge in [-0.25, -0.2) is 4.57 Å². The van der Waals surface area contributed by atoms with Crippen LogP contribution in [0.4, 0.5) is 5.95 Å². The fraction of sp³-hybridized carbons (Fsp3) is 0.444. The number of nitrogen functional groups attached to an aromatic ring is 1. The van der Waals surface area contributed by atoms with Crippen LogP contribution in [0.3, 0.4) is 0 Å². The number of hydrogen-bond donors (Lipinski definition) is 2. The molecule has 0 spiro atoms. The smallest absolute Gasteiger partial charge is 0.313 e. The molecule has 0 saturated carbocycles. The van der Waals surface area contributed by atoms with Gasteiger partial charge in [0.25, 0.3) is 11.5 Å². The summed E-state index contributed by atoms with van der Waals surface area (Å²) in [6.07, 6.45) is 1.57. The van der Waals surface area contributed by atoms with E-state index in [2.05, 4.69) is 14.5 Å². The molecular weight excluding hydrogens is 305 g/mol. The van der Waals surface area contributed by atoms with Crippen LogP contribution in [-0.2, 0) is 27.6 Å². The fourth-order valence-corrected chi connectivity index (χ4v) is 2.08. The summed E-state index contributed by atoms with van der Waals surface area (Å²) < 4.78 is 22.5. The second-order valence-electron chi connectivity index (χ2n) is 4.14. The number of phosphoric acid groups is 1. The quantitative estimate of drug-likeness (QED) is 0.322. The Bertz CT molecular complexity index is 749. The van der Waals surface area contributed by atoms with Crippen LogP contribution in [0.25, 0.3) is 11.2 Å².